The first-order valence-corrected chi connectivity index (χ1v) is 8.68. The van der Waals surface area contributed by atoms with E-state index in [-0.39, 0.29) is 0 Å². The lowest BCUT2D eigenvalue weighted by atomic mass is 9.97. The third kappa shape index (κ3) is 2.49. The van der Waals surface area contributed by atoms with Gasteiger partial charge in [0.2, 0.25) is 0 Å². The lowest BCUT2D eigenvalue weighted by Crippen LogP contribution is -2.26. The van der Waals surface area contributed by atoms with Crippen LogP contribution in [0.3, 0.4) is 0 Å². The van der Waals surface area contributed by atoms with Gasteiger partial charge in [-0.3, -0.25) is 4.90 Å². The zero-order valence-electron chi connectivity index (χ0n) is 12.4. The van der Waals surface area contributed by atoms with Gasteiger partial charge in [-0.1, -0.05) is 46.3 Å². The van der Waals surface area contributed by atoms with Crippen molar-refractivity contribution in [1.29, 1.82) is 0 Å². The molecule has 2 aromatic carbocycles. The summed E-state index contributed by atoms with van der Waals surface area (Å²) in [4.78, 5) is 6.05. The molecule has 22 heavy (non-hydrogen) atoms. The zero-order valence-corrected chi connectivity index (χ0v) is 14.0. The smallest absolute Gasteiger partial charge is 0.0622 e. The Hall–Kier alpha value is -1.58. The first-order chi connectivity index (χ1) is 10.8. The Kier molecular flexibility index (Phi) is 3.77. The Balaban J connectivity index is 1.84. The Morgan fingerprint density at radius 3 is 2.45 bits per heavy atom. The monoisotopic (exact) mass is 354 g/mol. The fraction of sp³-hybridized carbons (Fsp3) is 0.263. The molecule has 3 heteroatoms. The van der Waals surface area contributed by atoms with Gasteiger partial charge in [0, 0.05) is 21.6 Å². The van der Waals surface area contributed by atoms with Crippen molar-refractivity contribution in [2.75, 3.05) is 13.1 Å². The molecule has 2 nitrogen and oxygen atoms in total. The van der Waals surface area contributed by atoms with Gasteiger partial charge in [0.05, 0.1) is 6.04 Å². The van der Waals surface area contributed by atoms with E-state index in [4.69, 9.17) is 0 Å². The van der Waals surface area contributed by atoms with E-state index in [1.54, 1.807) is 0 Å². The average molecular weight is 355 g/mol. The second-order valence-electron chi connectivity index (χ2n) is 5.99. The first kappa shape index (κ1) is 14.0. The summed E-state index contributed by atoms with van der Waals surface area (Å²) in [6.45, 7) is 2.36. The van der Waals surface area contributed by atoms with Crippen molar-refractivity contribution < 1.29 is 0 Å². The summed E-state index contributed by atoms with van der Waals surface area (Å²) in [5.41, 5.74) is 3.98. The second kappa shape index (κ2) is 5.90. The highest BCUT2D eigenvalue weighted by molar-refractivity contribution is 9.10. The third-order valence-electron chi connectivity index (χ3n) is 4.61. The fourth-order valence-electron chi connectivity index (χ4n) is 3.55. The Bertz CT molecular complexity index is 769. The van der Waals surface area contributed by atoms with Crippen LogP contribution in [-0.4, -0.2) is 23.0 Å². The molecule has 1 atom stereocenters. The minimum absolute atomic E-state index is 0.340. The molecule has 3 aromatic rings. The van der Waals surface area contributed by atoms with Gasteiger partial charge in [-0.2, -0.15) is 0 Å². The minimum Gasteiger partial charge on any atom is -0.361 e. The summed E-state index contributed by atoms with van der Waals surface area (Å²) >= 11 is 3.55. The van der Waals surface area contributed by atoms with E-state index in [9.17, 15) is 0 Å². The van der Waals surface area contributed by atoms with Crippen molar-refractivity contribution in [3.63, 3.8) is 0 Å². The number of H-pyrrole nitrogens is 1. The lowest BCUT2D eigenvalue weighted by Gasteiger charge is -2.28. The number of aromatic nitrogens is 1. The maximum absolute atomic E-state index is 3.55. The van der Waals surface area contributed by atoms with E-state index in [0.29, 0.717) is 6.04 Å². The van der Waals surface area contributed by atoms with Crippen molar-refractivity contribution in [2.24, 2.45) is 0 Å². The quantitative estimate of drug-likeness (QED) is 0.691. The number of para-hydroxylation sites is 1. The number of benzene rings is 2. The maximum atomic E-state index is 3.55. The molecule has 1 aliphatic heterocycles. The van der Waals surface area contributed by atoms with Crippen LogP contribution in [0.2, 0.25) is 0 Å². The number of aromatic amines is 1. The summed E-state index contributed by atoms with van der Waals surface area (Å²) < 4.78 is 1.13. The molecular formula is C19H19BrN2. The molecule has 1 unspecified atom stereocenters. The number of nitrogens with one attached hydrogen (secondary N) is 1. The van der Waals surface area contributed by atoms with Crippen LogP contribution in [0.4, 0.5) is 0 Å². The van der Waals surface area contributed by atoms with Crippen molar-refractivity contribution in [3.05, 3.63) is 70.3 Å². The van der Waals surface area contributed by atoms with Crippen LogP contribution in [0.15, 0.2) is 59.2 Å². The molecule has 1 aliphatic rings. The maximum Gasteiger partial charge on any atom is 0.0622 e. The van der Waals surface area contributed by atoms with Gasteiger partial charge in [0.25, 0.3) is 0 Å². The largest absolute Gasteiger partial charge is 0.361 e. The molecule has 1 saturated heterocycles. The SMILES string of the molecule is Brc1ccc(C(c2c[nH]c3ccccc23)N2CCCC2)cc1. The highest BCUT2D eigenvalue weighted by Gasteiger charge is 2.26. The van der Waals surface area contributed by atoms with Gasteiger partial charge in [-0.15, -0.1) is 0 Å². The molecule has 1 N–H and O–H groups in total. The van der Waals surface area contributed by atoms with Gasteiger partial charge in [-0.25, -0.2) is 0 Å². The van der Waals surface area contributed by atoms with Crippen molar-refractivity contribution in [1.82, 2.24) is 9.88 Å². The number of hydrogen-bond donors (Lipinski definition) is 1. The standard InChI is InChI=1S/C19H19BrN2/c20-15-9-7-14(8-10-15)19(22-11-3-4-12-22)17-13-21-18-6-2-1-5-16(17)18/h1-2,5-10,13,19,21H,3-4,11-12H2. The molecule has 112 valence electrons. The molecule has 4 rings (SSSR count). The summed E-state index contributed by atoms with van der Waals surface area (Å²) in [5.74, 6) is 0. The first-order valence-electron chi connectivity index (χ1n) is 7.88. The number of likely N-dealkylation sites (tertiary alicyclic amines) is 1. The number of rotatable bonds is 3. The van der Waals surface area contributed by atoms with Crippen LogP contribution in [-0.2, 0) is 0 Å². The summed E-state index contributed by atoms with van der Waals surface area (Å²) in [7, 11) is 0. The summed E-state index contributed by atoms with van der Waals surface area (Å²) in [6, 6.07) is 17.7. The molecule has 1 fully saturated rings. The van der Waals surface area contributed by atoms with E-state index < -0.39 is 0 Å². The van der Waals surface area contributed by atoms with Gasteiger partial charge in [0.1, 0.15) is 0 Å². The van der Waals surface area contributed by atoms with E-state index >= 15 is 0 Å². The van der Waals surface area contributed by atoms with E-state index in [1.165, 1.54) is 48.0 Å². The normalized spacial score (nSPS) is 17.1. The molecule has 0 spiro atoms. The van der Waals surface area contributed by atoms with E-state index in [2.05, 4.69) is 80.5 Å². The lowest BCUT2D eigenvalue weighted by molar-refractivity contribution is 0.282. The number of hydrogen-bond acceptors (Lipinski definition) is 1. The summed E-state index contributed by atoms with van der Waals surface area (Å²) in [6.07, 6.45) is 4.79. The third-order valence-corrected chi connectivity index (χ3v) is 5.14. The van der Waals surface area contributed by atoms with Crippen molar-refractivity contribution in [3.8, 4) is 0 Å². The Morgan fingerprint density at radius 2 is 1.68 bits per heavy atom. The number of halogens is 1. The van der Waals surface area contributed by atoms with Gasteiger partial charge in [0.15, 0.2) is 0 Å². The highest BCUT2D eigenvalue weighted by atomic mass is 79.9. The van der Waals surface area contributed by atoms with Crippen molar-refractivity contribution >= 4 is 26.8 Å². The van der Waals surface area contributed by atoms with Crippen LogP contribution in [0.5, 0.6) is 0 Å². The van der Waals surface area contributed by atoms with Crippen LogP contribution < -0.4 is 0 Å². The van der Waals surface area contributed by atoms with E-state index in [1.807, 2.05) is 0 Å². The van der Waals surface area contributed by atoms with Gasteiger partial charge >= 0.3 is 0 Å². The van der Waals surface area contributed by atoms with E-state index in [0.717, 1.165) is 4.47 Å². The highest BCUT2D eigenvalue weighted by Crippen LogP contribution is 2.36. The van der Waals surface area contributed by atoms with Crippen molar-refractivity contribution in [2.45, 2.75) is 18.9 Å². The Labute approximate surface area is 139 Å². The predicted molar refractivity (Wildman–Crippen MR) is 95.1 cm³/mol. The molecule has 2 heterocycles. The average Bonchev–Trinajstić information content (AvgIpc) is 3.20. The zero-order chi connectivity index (χ0) is 14.9. The minimum atomic E-state index is 0.340. The molecule has 0 saturated carbocycles. The molecule has 1 aromatic heterocycles. The fourth-order valence-corrected chi connectivity index (χ4v) is 3.82. The summed E-state index contributed by atoms with van der Waals surface area (Å²) in [5, 5.41) is 1.34. The Morgan fingerprint density at radius 1 is 0.955 bits per heavy atom. The molecule has 0 amide bonds. The molecule has 0 radical (unpaired) electrons. The van der Waals surface area contributed by atoms with Gasteiger partial charge < -0.3 is 4.98 Å². The van der Waals surface area contributed by atoms with Crippen LogP contribution >= 0.6 is 15.9 Å². The molecule has 0 bridgehead atoms. The van der Waals surface area contributed by atoms with Gasteiger partial charge in [-0.05, 0) is 55.3 Å². The predicted octanol–water partition coefficient (Wildman–Crippen LogP) is 5.12. The number of fused-ring (bicyclic) bond motifs is 1. The van der Waals surface area contributed by atoms with Crippen LogP contribution in [0.1, 0.15) is 30.0 Å². The topological polar surface area (TPSA) is 19.0 Å². The number of nitrogens with zero attached hydrogens (tertiary/aromatic N) is 1. The second-order valence-corrected chi connectivity index (χ2v) is 6.90. The molecule has 0 aliphatic carbocycles. The molecular weight excluding hydrogens is 336 g/mol. The van der Waals surface area contributed by atoms with Crippen LogP contribution in [0.25, 0.3) is 10.9 Å². The van der Waals surface area contributed by atoms with Crippen LogP contribution in [0, 0.1) is 0 Å².